The van der Waals surface area contributed by atoms with Crippen LogP contribution in [0.2, 0.25) is 0 Å². The Labute approximate surface area is 269 Å². The first-order valence-corrected chi connectivity index (χ1v) is 15.6. The number of rotatable bonds is 18. The topological polar surface area (TPSA) is 199 Å². The Hall–Kier alpha value is -3.75. The summed E-state index contributed by atoms with van der Waals surface area (Å²) in [5.41, 5.74) is 0.683. The molecule has 2 rings (SSSR count). The number of amides is 3. The van der Waals surface area contributed by atoms with Crippen LogP contribution in [0.5, 0.6) is 5.75 Å². The fourth-order valence-electron chi connectivity index (χ4n) is 4.25. The highest BCUT2D eigenvalue weighted by Gasteiger charge is 2.34. The average molecular weight is 652 g/mol. The third kappa shape index (κ3) is 13.7. The molecule has 1 fully saturated rings. The van der Waals surface area contributed by atoms with Gasteiger partial charge in [0.05, 0.1) is 30.9 Å². The molecular formula is C32H49N3O11. The lowest BCUT2D eigenvalue weighted by Crippen LogP contribution is -2.51. The summed E-state index contributed by atoms with van der Waals surface area (Å²) in [4.78, 5) is 61.6. The number of anilines is 1. The van der Waals surface area contributed by atoms with Gasteiger partial charge in [-0.25, -0.2) is 4.79 Å². The van der Waals surface area contributed by atoms with Crippen LogP contribution in [0.3, 0.4) is 0 Å². The van der Waals surface area contributed by atoms with Gasteiger partial charge in [0.25, 0.3) is 0 Å². The second-order valence-electron chi connectivity index (χ2n) is 12.3. The number of nitrogens with one attached hydrogen (secondary N) is 3. The zero-order valence-corrected chi connectivity index (χ0v) is 27.5. The number of aliphatic hydroxyl groups is 1. The molecule has 258 valence electrons. The minimum atomic E-state index is -1.29. The quantitative estimate of drug-likeness (QED) is 0.115. The van der Waals surface area contributed by atoms with Gasteiger partial charge in [-0.3, -0.25) is 19.2 Å². The highest BCUT2D eigenvalue weighted by molar-refractivity contribution is 5.97. The molecule has 0 bridgehead atoms. The molecule has 4 atom stereocenters. The second kappa shape index (κ2) is 19.0. The molecule has 5 N–H and O–H groups in total. The second-order valence-corrected chi connectivity index (χ2v) is 12.3. The molecule has 1 aromatic carbocycles. The lowest BCUT2D eigenvalue weighted by atomic mass is 10.0. The van der Waals surface area contributed by atoms with Gasteiger partial charge >= 0.3 is 11.9 Å². The summed E-state index contributed by atoms with van der Waals surface area (Å²) >= 11 is 0. The minimum Gasteiger partial charge on any atom is -0.479 e. The Morgan fingerprint density at radius 2 is 1.72 bits per heavy atom. The van der Waals surface area contributed by atoms with Gasteiger partial charge in [-0.1, -0.05) is 47.6 Å². The summed E-state index contributed by atoms with van der Waals surface area (Å²) < 4.78 is 22.1. The summed E-state index contributed by atoms with van der Waals surface area (Å²) in [6, 6.07) is 3.72. The number of carboxylic acid groups (broad SMARTS) is 1. The predicted octanol–water partition coefficient (Wildman–Crippen LogP) is 2.36. The van der Waals surface area contributed by atoms with E-state index < -0.39 is 54.8 Å². The summed E-state index contributed by atoms with van der Waals surface area (Å²) in [5.74, 6) is -3.20. The van der Waals surface area contributed by atoms with Gasteiger partial charge in [0, 0.05) is 25.9 Å². The van der Waals surface area contributed by atoms with Crippen LogP contribution in [0.15, 0.2) is 18.2 Å². The van der Waals surface area contributed by atoms with Gasteiger partial charge in [-0.15, -0.1) is 0 Å². The molecule has 4 unspecified atom stereocenters. The smallest absolute Gasteiger partial charge is 0.333 e. The molecule has 3 amide bonds. The van der Waals surface area contributed by atoms with E-state index in [2.05, 4.69) is 29.8 Å². The van der Waals surface area contributed by atoms with Crippen LogP contribution in [0.4, 0.5) is 5.69 Å². The number of ether oxygens (including phenoxy) is 4. The number of hydrogen-bond donors (Lipinski definition) is 5. The van der Waals surface area contributed by atoms with E-state index in [1.807, 2.05) is 0 Å². The lowest BCUT2D eigenvalue weighted by molar-refractivity contribution is -0.195. The van der Waals surface area contributed by atoms with E-state index in [0.29, 0.717) is 18.1 Å². The molecule has 1 saturated heterocycles. The lowest BCUT2D eigenvalue weighted by Gasteiger charge is -2.31. The Morgan fingerprint density at radius 3 is 2.35 bits per heavy atom. The van der Waals surface area contributed by atoms with Crippen molar-refractivity contribution in [3.8, 4) is 5.75 Å². The van der Waals surface area contributed by atoms with Crippen molar-refractivity contribution in [2.45, 2.75) is 98.4 Å². The van der Waals surface area contributed by atoms with Gasteiger partial charge in [-0.05, 0) is 36.0 Å². The molecule has 0 radical (unpaired) electrons. The Bertz CT molecular complexity index is 1190. The van der Waals surface area contributed by atoms with Crippen molar-refractivity contribution in [3.63, 3.8) is 0 Å². The maximum absolute atomic E-state index is 12.9. The first-order valence-electron chi connectivity index (χ1n) is 15.6. The van der Waals surface area contributed by atoms with Gasteiger partial charge in [0.15, 0.2) is 6.10 Å². The van der Waals surface area contributed by atoms with Crippen molar-refractivity contribution >= 4 is 35.3 Å². The molecule has 0 saturated carbocycles. The maximum atomic E-state index is 12.9. The van der Waals surface area contributed by atoms with Gasteiger partial charge in [-0.2, -0.15) is 0 Å². The number of aliphatic hydroxyl groups excluding tert-OH is 1. The number of hydrogen-bond acceptors (Lipinski definition) is 10. The monoisotopic (exact) mass is 651 g/mol. The molecule has 46 heavy (non-hydrogen) atoms. The van der Waals surface area contributed by atoms with E-state index in [0.717, 1.165) is 6.42 Å². The van der Waals surface area contributed by atoms with Crippen LogP contribution in [-0.2, 0) is 44.8 Å². The van der Waals surface area contributed by atoms with Crippen LogP contribution in [-0.4, -0.2) is 84.2 Å². The molecule has 0 aliphatic carbocycles. The van der Waals surface area contributed by atoms with Crippen molar-refractivity contribution in [2.24, 2.45) is 17.8 Å². The van der Waals surface area contributed by atoms with Crippen LogP contribution in [0, 0.1) is 17.8 Å². The van der Waals surface area contributed by atoms with Crippen molar-refractivity contribution in [2.75, 3.05) is 25.1 Å². The highest BCUT2D eigenvalue weighted by atomic mass is 16.7. The molecule has 14 heteroatoms. The van der Waals surface area contributed by atoms with E-state index in [1.54, 1.807) is 33.8 Å². The summed E-state index contributed by atoms with van der Waals surface area (Å²) in [6.07, 6.45) is -2.57. The van der Waals surface area contributed by atoms with Crippen molar-refractivity contribution in [3.05, 3.63) is 23.8 Å². The Morgan fingerprint density at radius 1 is 1.00 bits per heavy atom. The zero-order valence-electron chi connectivity index (χ0n) is 27.5. The van der Waals surface area contributed by atoms with Gasteiger partial charge < -0.3 is 45.1 Å². The van der Waals surface area contributed by atoms with Crippen LogP contribution < -0.4 is 20.7 Å². The molecule has 0 aromatic heterocycles. The van der Waals surface area contributed by atoms with Crippen LogP contribution in [0.25, 0.3) is 0 Å². The zero-order chi connectivity index (χ0) is 34.4. The molecule has 0 spiro atoms. The number of aliphatic carboxylic acids is 1. The number of benzene rings is 1. The third-order valence-electron chi connectivity index (χ3n) is 6.97. The molecule has 1 aromatic rings. The first kappa shape index (κ1) is 38.4. The van der Waals surface area contributed by atoms with Crippen molar-refractivity contribution in [1.82, 2.24) is 10.6 Å². The maximum Gasteiger partial charge on any atom is 0.333 e. The first-order chi connectivity index (χ1) is 21.7. The SMILES string of the molecule is CC(C)CCOCCC(=O)NC(C(=O)NCC(=O)Nc1ccc(COC(=O)C(C)C)cc1OC1CC(O)CC(C(=O)O)O1)C(C)C. The molecule has 1 aliphatic heterocycles. The van der Waals surface area contributed by atoms with Crippen molar-refractivity contribution in [1.29, 1.82) is 0 Å². The summed E-state index contributed by atoms with van der Waals surface area (Å²) in [5, 5.41) is 27.4. The third-order valence-corrected chi connectivity index (χ3v) is 6.97. The highest BCUT2D eigenvalue weighted by Crippen LogP contribution is 2.31. The molecule has 1 aliphatic rings. The van der Waals surface area contributed by atoms with E-state index in [9.17, 15) is 34.2 Å². The number of carbonyl (C=O) groups excluding carboxylic acids is 4. The fraction of sp³-hybridized carbons (Fsp3) is 0.656. The standard InChI is InChI=1S/C32H49N3O11/c1-18(2)9-11-43-12-10-26(37)35-29(19(3)4)30(39)33-16-27(38)34-23-8-7-21(17-44-32(42)20(5)6)13-24(23)45-28-15-22(36)14-25(46-28)31(40)41/h7-8,13,18-20,22,25,28-29,36H,9-12,14-17H2,1-6H3,(H,33,39)(H,34,38)(H,35,37)(H,40,41). The predicted molar refractivity (Wildman–Crippen MR) is 167 cm³/mol. The van der Waals surface area contributed by atoms with E-state index in [4.69, 9.17) is 18.9 Å². The average Bonchev–Trinajstić information content (AvgIpc) is 2.97. The summed E-state index contributed by atoms with van der Waals surface area (Å²) in [7, 11) is 0. The fourth-order valence-corrected chi connectivity index (χ4v) is 4.25. The van der Waals surface area contributed by atoms with Crippen molar-refractivity contribution < 1.29 is 53.1 Å². The Kier molecular flexibility index (Phi) is 15.9. The largest absolute Gasteiger partial charge is 0.479 e. The van der Waals surface area contributed by atoms with E-state index in [1.165, 1.54) is 12.1 Å². The number of esters is 1. The normalized spacial score (nSPS) is 18.6. The number of carbonyl (C=O) groups is 5. The van der Waals surface area contributed by atoms with Crippen LogP contribution in [0.1, 0.15) is 72.8 Å². The molecule has 14 nitrogen and oxygen atoms in total. The molecular weight excluding hydrogens is 602 g/mol. The van der Waals surface area contributed by atoms with Crippen LogP contribution >= 0.6 is 0 Å². The van der Waals surface area contributed by atoms with E-state index in [-0.39, 0.29) is 61.7 Å². The van der Waals surface area contributed by atoms with Gasteiger partial charge in [0.1, 0.15) is 18.4 Å². The summed E-state index contributed by atoms with van der Waals surface area (Å²) in [6.45, 7) is 11.4. The number of carboxylic acids is 1. The van der Waals surface area contributed by atoms with E-state index >= 15 is 0 Å². The molecule has 1 heterocycles. The van der Waals surface area contributed by atoms with Gasteiger partial charge in [0.2, 0.25) is 24.0 Å². The Balaban J connectivity index is 2.06. The minimum absolute atomic E-state index is 0.0217.